The van der Waals surface area contributed by atoms with Crippen LogP contribution in [-0.2, 0) is 17.9 Å². The Morgan fingerprint density at radius 3 is 2.03 bits per heavy atom. The average Bonchev–Trinajstić information content (AvgIpc) is 3.08. The Labute approximate surface area is 181 Å². The van der Waals surface area contributed by atoms with Crippen molar-refractivity contribution in [3.05, 3.63) is 70.1 Å². The van der Waals surface area contributed by atoms with Gasteiger partial charge in [-0.15, -0.1) is 0 Å². The second kappa shape index (κ2) is 8.79. The van der Waals surface area contributed by atoms with Crippen molar-refractivity contribution in [1.29, 1.82) is 0 Å². The van der Waals surface area contributed by atoms with Gasteiger partial charge >= 0.3 is 5.69 Å². The number of imidazole rings is 1. The van der Waals surface area contributed by atoms with E-state index >= 15 is 0 Å². The molecule has 4 rings (SSSR count). The van der Waals surface area contributed by atoms with E-state index in [2.05, 4.69) is 0 Å². The number of rotatable bonds is 5. The van der Waals surface area contributed by atoms with Gasteiger partial charge in [0.2, 0.25) is 5.91 Å². The van der Waals surface area contributed by atoms with Crippen molar-refractivity contribution in [3.63, 3.8) is 0 Å². The molecule has 162 valence electrons. The third-order valence-electron chi connectivity index (χ3n) is 6.01. The monoisotopic (exact) mass is 420 g/mol. The molecule has 0 radical (unpaired) electrons. The molecule has 2 heterocycles. The number of piperazine rings is 1. The molecule has 0 spiro atoms. The Balaban J connectivity index is 1.36. The minimum Gasteiger partial charge on any atom is -0.339 e. The molecule has 1 aliphatic heterocycles. The van der Waals surface area contributed by atoms with E-state index in [9.17, 15) is 14.4 Å². The van der Waals surface area contributed by atoms with Crippen LogP contribution < -0.4 is 5.69 Å². The summed E-state index contributed by atoms with van der Waals surface area (Å²) < 4.78 is 3.42. The molecular weight excluding hydrogens is 392 g/mol. The van der Waals surface area contributed by atoms with Crippen LogP contribution in [0.2, 0.25) is 0 Å². The van der Waals surface area contributed by atoms with Gasteiger partial charge in [0, 0.05) is 51.3 Å². The predicted octanol–water partition coefficient (Wildman–Crippen LogP) is 2.51. The summed E-state index contributed by atoms with van der Waals surface area (Å²) in [6.45, 7) is 6.96. The lowest BCUT2D eigenvalue weighted by Gasteiger charge is -2.35. The van der Waals surface area contributed by atoms with Gasteiger partial charge in [0.05, 0.1) is 11.0 Å². The van der Waals surface area contributed by atoms with Gasteiger partial charge in [0.1, 0.15) is 0 Å². The quantitative estimate of drug-likeness (QED) is 0.637. The van der Waals surface area contributed by atoms with Crippen LogP contribution in [0.5, 0.6) is 0 Å². The Kier molecular flexibility index (Phi) is 5.93. The average molecular weight is 421 g/mol. The number of nitrogens with zero attached hydrogens (tertiary/aromatic N) is 4. The Morgan fingerprint density at radius 2 is 1.42 bits per heavy atom. The van der Waals surface area contributed by atoms with Crippen molar-refractivity contribution in [3.8, 4) is 0 Å². The highest BCUT2D eigenvalue weighted by molar-refractivity contribution is 5.94. The molecule has 3 aromatic rings. The van der Waals surface area contributed by atoms with Crippen LogP contribution in [0.25, 0.3) is 11.0 Å². The Bertz CT molecular complexity index is 1150. The highest BCUT2D eigenvalue weighted by atomic mass is 16.2. The van der Waals surface area contributed by atoms with Gasteiger partial charge in [0.15, 0.2) is 0 Å². The van der Waals surface area contributed by atoms with Gasteiger partial charge in [-0.05, 0) is 38.1 Å². The van der Waals surface area contributed by atoms with Gasteiger partial charge in [-0.1, -0.05) is 29.8 Å². The number of carbonyl (C=O) groups excluding carboxylic acids is 2. The fourth-order valence-corrected chi connectivity index (χ4v) is 4.20. The molecule has 0 unspecified atom stereocenters. The normalized spacial score (nSPS) is 14.3. The van der Waals surface area contributed by atoms with E-state index in [0.29, 0.717) is 44.8 Å². The third-order valence-corrected chi connectivity index (χ3v) is 6.01. The molecule has 7 heteroatoms. The van der Waals surface area contributed by atoms with Crippen molar-refractivity contribution in [2.24, 2.45) is 0 Å². The fourth-order valence-electron chi connectivity index (χ4n) is 4.20. The lowest BCUT2D eigenvalue weighted by atomic mass is 10.1. The maximum absolute atomic E-state index is 12.8. The number of hydrogen-bond acceptors (Lipinski definition) is 3. The van der Waals surface area contributed by atoms with Crippen molar-refractivity contribution >= 4 is 22.8 Å². The molecule has 0 N–H and O–H groups in total. The first-order valence-corrected chi connectivity index (χ1v) is 10.8. The van der Waals surface area contributed by atoms with Crippen molar-refractivity contribution < 1.29 is 9.59 Å². The van der Waals surface area contributed by atoms with E-state index in [1.807, 2.05) is 62.4 Å². The minimum atomic E-state index is -0.0787. The van der Waals surface area contributed by atoms with Gasteiger partial charge < -0.3 is 9.80 Å². The molecule has 0 bridgehead atoms. The summed E-state index contributed by atoms with van der Waals surface area (Å²) in [5, 5.41) is 0. The van der Waals surface area contributed by atoms with Gasteiger partial charge in [0.25, 0.3) is 5.91 Å². The first-order chi connectivity index (χ1) is 15.0. The number of amides is 2. The SMILES string of the molecule is CCn1c(=O)n(CCC(=O)N2CCN(C(=O)c3ccc(C)cc3)CC2)c2ccccc21. The van der Waals surface area contributed by atoms with E-state index in [-0.39, 0.29) is 23.9 Å². The number of aromatic nitrogens is 2. The van der Waals surface area contributed by atoms with E-state index < -0.39 is 0 Å². The van der Waals surface area contributed by atoms with Gasteiger partial charge in [-0.2, -0.15) is 0 Å². The van der Waals surface area contributed by atoms with E-state index in [0.717, 1.165) is 16.6 Å². The summed E-state index contributed by atoms with van der Waals surface area (Å²) in [5.74, 6) is 0.0219. The molecular formula is C24H28N4O3. The first kappa shape index (κ1) is 20.9. The summed E-state index contributed by atoms with van der Waals surface area (Å²) in [5.41, 5.74) is 3.47. The highest BCUT2D eigenvalue weighted by Crippen LogP contribution is 2.14. The van der Waals surface area contributed by atoms with Crippen LogP contribution in [0.1, 0.15) is 29.3 Å². The highest BCUT2D eigenvalue weighted by Gasteiger charge is 2.25. The summed E-state index contributed by atoms with van der Waals surface area (Å²) in [4.78, 5) is 41.8. The molecule has 1 aliphatic rings. The van der Waals surface area contributed by atoms with Crippen LogP contribution in [0.3, 0.4) is 0 Å². The number of aryl methyl sites for hydroxylation is 3. The molecule has 1 fully saturated rings. The molecule has 0 saturated carbocycles. The maximum atomic E-state index is 12.8. The number of carbonyl (C=O) groups is 2. The van der Waals surface area contributed by atoms with Crippen LogP contribution in [0.4, 0.5) is 0 Å². The van der Waals surface area contributed by atoms with Crippen LogP contribution >= 0.6 is 0 Å². The van der Waals surface area contributed by atoms with Gasteiger partial charge in [-0.25, -0.2) is 4.79 Å². The molecule has 1 aromatic heterocycles. The zero-order valence-electron chi connectivity index (χ0n) is 18.1. The topological polar surface area (TPSA) is 67.6 Å². The summed E-state index contributed by atoms with van der Waals surface area (Å²) in [6.07, 6.45) is 0.267. The molecule has 2 aromatic carbocycles. The van der Waals surface area contributed by atoms with Crippen molar-refractivity contribution in [2.45, 2.75) is 33.4 Å². The molecule has 31 heavy (non-hydrogen) atoms. The zero-order chi connectivity index (χ0) is 22.0. The minimum absolute atomic E-state index is 0.00558. The largest absolute Gasteiger partial charge is 0.339 e. The van der Waals surface area contributed by atoms with E-state index in [1.165, 1.54) is 0 Å². The fraction of sp³-hybridized carbons (Fsp3) is 0.375. The summed E-state index contributed by atoms with van der Waals surface area (Å²) in [7, 11) is 0. The molecule has 1 saturated heterocycles. The van der Waals surface area contributed by atoms with E-state index in [4.69, 9.17) is 0 Å². The first-order valence-electron chi connectivity index (χ1n) is 10.8. The lowest BCUT2D eigenvalue weighted by Crippen LogP contribution is -2.50. The Hall–Kier alpha value is -3.35. The standard InChI is InChI=1S/C24H28N4O3/c1-3-27-20-6-4-5-7-21(20)28(24(27)31)13-12-22(29)25-14-16-26(17-15-25)23(30)19-10-8-18(2)9-11-19/h4-11H,3,12-17H2,1-2H3. The van der Waals surface area contributed by atoms with Crippen LogP contribution in [-0.4, -0.2) is 56.9 Å². The number of fused-ring (bicyclic) bond motifs is 1. The zero-order valence-corrected chi connectivity index (χ0v) is 18.1. The third kappa shape index (κ3) is 4.13. The number of para-hydroxylation sites is 2. The number of hydrogen-bond donors (Lipinski definition) is 0. The summed E-state index contributed by atoms with van der Waals surface area (Å²) >= 11 is 0. The molecule has 0 atom stereocenters. The second-order valence-corrected chi connectivity index (χ2v) is 7.96. The molecule has 7 nitrogen and oxygen atoms in total. The molecule has 0 aliphatic carbocycles. The molecule has 2 amide bonds. The van der Waals surface area contributed by atoms with E-state index in [1.54, 1.807) is 18.9 Å². The predicted molar refractivity (Wildman–Crippen MR) is 120 cm³/mol. The second-order valence-electron chi connectivity index (χ2n) is 7.96. The van der Waals surface area contributed by atoms with Crippen LogP contribution in [0.15, 0.2) is 53.3 Å². The summed E-state index contributed by atoms with van der Waals surface area (Å²) in [6, 6.07) is 15.2. The van der Waals surface area contributed by atoms with Crippen molar-refractivity contribution in [1.82, 2.24) is 18.9 Å². The maximum Gasteiger partial charge on any atom is 0.329 e. The lowest BCUT2D eigenvalue weighted by molar-refractivity contribution is -0.132. The van der Waals surface area contributed by atoms with Crippen molar-refractivity contribution in [2.75, 3.05) is 26.2 Å². The smallest absolute Gasteiger partial charge is 0.329 e. The van der Waals surface area contributed by atoms with Gasteiger partial charge in [-0.3, -0.25) is 18.7 Å². The Morgan fingerprint density at radius 1 is 0.839 bits per heavy atom. The number of benzene rings is 2. The van der Waals surface area contributed by atoms with Crippen LogP contribution in [0, 0.1) is 6.92 Å².